The van der Waals surface area contributed by atoms with Crippen LogP contribution in [-0.2, 0) is 0 Å². The zero-order valence-corrected chi connectivity index (χ0v) is 11.9. The maximum Gasteiger partial charge on any atom is 0.150 e. The van der Waals surface area contributed by atoms with Crippen LogP contribution in [0.2, 0.25) is 5.02 Å². The predicted octanol–water partition coefficient (Wildman–Crippen LogP) is 4.87. The summed E-state index contributed by atoms with van der Waals surface area (Å²) in [5.41, 5.74) is 3.54. The summed E-state index contributed by atoms with van der Waals surface area (Å²) in [7, 11) is 0. The van der Waals surface area contributed by atoms with E-state index in [0.717, 1.165) is 33.7 Å². The number of rotatable bonds is 3. The van der Waals surface area contributed by atoms with Crippen LogP contribution < -0.4 is 4.74 Å². The van der Waals surface area contributed by atoms with Gasteiger partial charge in [0.2, 0.25) is 0 Å². The first-order valence-corrected chi connectivity index (χ1v) is 6.39. The van der Waals surface area contributed by atoms with E-state index in [1.807, 2.05) is 39.0 Å². The van der Waals surface area contributed by atoms with E-state index < -0.39 is 0 Å². The Labute approximate surface area is 118 Å². The lowest BCUT2D eigenvalue weighted by Crippen LogP contribution is -1.91. The molecule has 2 nitrogen and oxygen atoms in total. The van der Waals surface area contributed by atoms with Crippen molar-refractivity contribution < 1.29 is 9.53 Å². The van der Waals surface area contributed by atoms with Crippen molar-refractivity contribution in [2.24, 2.45) is 0 Å². The van der Waals surface area contributed by atoms with Crippen LogP contribution in [0.5, 0.6) is 11.5 Å². The fourth-order valence-electron chi connectivity index (χ4n) is 1.95. The molecule has 2 aromatic carbocycles. The molecule has 0 radical (unpaired) electrons. The van der Waals surface area contributed by atoms with Gasteiger partial charge in [-0.2, -0.15) is 0 Å². The second-order valence-corrected chi connectivity index (χ2v) is 4.99. The third-order valence-corrected chi connectivity index (χ3v) is 3.61. The van der Waals surface area contributed by atoms with Gasteiger partial charge in [0.05, 0.1) is 0 Å². The van der Waals surface area contributed by atoms with Crippen LogP contribution >= 0.6 is 11.6 Å². The van der Waals surface area contributed by atoms with Crippen LogP contribution in [0.15, 0.2) is 30.3 Å². The van der Waals surface area contributed by atoms with Gasteiger partial charge in [0.25, 0.3) is 0 Å². The van der Waals surface area contributed by atoms with E-state index in [-0.39, 0.29) is 0 Å². The Morgan fingerprint density at radius 2 is 1.53 bits per heavy atom. The summed E-state index contributed by atoms with van der Waals surface area (Å²) < 4.78 is 5.80. The normalized spacial score (nSPS) is 10.3. The first kappa shape index (κ1) is 13.6. The maximum absolute atomic E-state index is 10.8. The SMILES string of the molecule is Cc1cc(Oc2cc(C)c(Cl)c(C)c2)ccc1C=O. The number of carbonyl (C=O) groups is 1. The first-order valence-electron chi connectivity index (χ1n) is 6.01. The number of hydrogen-bond acceptors (Lipinski definition) is 2. The summed E-state index contributed by atoms with van der Waals surface area (Å²) in [6.45, 7) is 5.78. The minimum absolute atomic E-state index is 0.677. The maximum atomic E-state index is 10.8. The fourth-order valence-corrected chi connectivity index (χ4v) is 2.05. The number of aldehydes is 1. The second-order valence-electron chi connectivity index (χ2n) is 4.61. The molecule has 0 spiro atoms. The molecule has 0 saturated carbocycles. The Kier molecular flexibility index (Phi) is 3.91. The molecule has 0 fully saturated rings. The Morgan fingerprint density at radius 3 is 2.05 bits per heavy atom. The van der Waals surface area contributed by atoms with E-state index in [1.54, 1.807) is 12.1 Å². The quantitative estimate of drug-likeness (QED) is 0.747. The van der Waals surface area contributed by atoms with Crippen molar-refractivity contribution in [2.75, 3.05) is 0 Å². The lowest BCUT2D eigenvalue weighted by atomic mass is 10.1. The van der Waals surface area contributed by atoms with Crippen molar-refractivity contribution in [2.45, 2.75) is 20.8 Å². The summed E-state index contributed by atoms with van der Waals surface area (Å²) in [5, 5.41) is 0.764. The zero-order chi connectivity index (χ0) is 14.0. The summed E-state index contributed by atoms with van der Waals surface area (Å²) in [5.74, 6) is 1.46. The highest BCUT2D eigenvalue weighted by molar-refractivity contribution is 6.32. The first-order chi connectivity index (χ1) is 9.01. The lowest BCUT2D eigenvalue weighted by molar-refractivity contribution is 0.112. The molecule has 0 saturated heterocycles. The smallest absolute Gasteiger partial charge is 0.150 e. The van der Waals surface area contributed by atoms with Crippen molar-refractivity contribution in [3.8, 4) is 11.5 Å². The van der Waals surface area contributed by atoms with Gasteiger partial charge in [-0.15, -0.1) is 0 Å². The molecule has 0 aliphatic heterocycles. The van der Waals surface area contributed by atoms with Gasteiger partial charge in [-0.3, -0.25) is 4.79 Å². The van der Waals surface area contributed by atoms with Crippen molar-refractivity contribution in [1.29, 1.82) is 0 Å². The highest BCUT2D eigenvalue weighted by atomic mass is 35.5. The van der Waals surface area contributed by atoms with Crippen molar-refractivity contribution >= 4 is 17.9 Å². The van der Waals surface area contributed by atoms with Gasteiger partial charge in [0, 0.05) is 10.6 Å². The molecule has 19 heavy (non-hydrogen) atoms. The third kappa shape index (κ3) is 2.96. The molecule has 0 amide bonds. The fraction of sp³-hybridized carbons (Fsp3) is 0.188. The molecular formula is C16H15ClO2. The van der Waals surface area contributed by atoms with Gasteiger partial charge in [0.1, 0.15) is 17.8 Å². The second kappa shape index (κ2) is 5.45. The van der Waals surface area contributed by atoms with Crippen LogP contribution in [0.25, 0.3) is 0 Å². The van der Waals surface area contributed by atoms with E-state index in [4.69, 9.17) is 16.3 Å². The number of halogens is 1. The Balaban J connectivity index is 2.31. The molecule has 2 rings (SSSR count). The van der Waals surface area contributed by atoms with E-state index in [1.165, 1.54) is 0 Å². The van der Waals surface area contributed by atoms with Gasteiger partial charge in [-0.05, 0) is 67.8 Å². The standard InChI is InChI=1S/C16H15ClO2/c1-10-6-14(5-4-13(10)9-18)19-15-7-11(2)16(17)12(3)8-15/h4-9H,1-3H3. The minimum atomic E-state index is 0.677. The topological polar surface area (TPSA) is 26.3 Å². The zero-order valence-electron chi connectivity index (χ0n) is 11.2. The van der Waals surface area contributed by atoms with Gasteiger partial charge >= 0.3 is 0 Å². The summed E-state index contributed by atoms with van der Waals surface area (Å²) in [4.78, 5) is 10.8. The van der Waals surface area contributed by atoms with Crippen LogP contribution in [0.1, 0.15) is 27.0 Å². The largest absolute Gasteiger partial charge is 0.457 e. The number of ether oxygens (including phenoxy) is 1. The van der Waals surface area contributed by atoms with Crippen LogP contribution in [0.3, 0.4) is 0 Å². The minimum Gasteiger partial charge on any atom is -0.457 e. The molecule has 2 aromatic rings. The Morgan fingerprint density at radius 1 is 0.947 bits per heavy atom. The molecule has 0 N–H and O–H groups in total. The number of hydrogen-bond donors (Lipinski definition) is 0. The van der Waals surface area contributed by atoms with Crippen LogP contribution in [0, 0.1) is 20.8 Å². The Hall–Kier alpha value is -1.80. The van der Waals surface area contributed by atoms with Crippen molar-refractivity contribution in [3.05, 3.63) is 57.6 Å². The average molecular weight is 275 g/mol. The molecule has 0 atom stereocenters. The number of carbonyl (C=O) groups excluding carboxylic acids is 1. The molecule has 0 aliphatic rings. The van der Waals surface area contributed by atoms with Gasteiger partial charge in [-0.1, -0.05) is 11.6 Å². The summed E-state index contributed by atoms with van der Waals surface area (Å²) >= 11 is 6.12. The number of aryl methyl sites for hydroxylation is 3. The molecule has 98 valence electrons. The molecule has 0 bridgehead atoms. The van der Waals surface area contributed by atoms with Crippen molar-refractivity contribution in [3.63, 3.8) is 0 Å². The highest BCUT2D eigenvalue weighted by Gasteiger charge is 2.06. The van der Waals surface area contributed by atoms with E-state index >= 15 is 0 Å². The molecule has 0 aliphatic carbocycles. The Bertz CT molecular complexity index is 610. The van der Waals surface area contributed by atoms with Crippen LogP contribution in [-0.4, -0.2) is 6.29 Å². The summed E-state index contributed by atoms with van der Waals surface area (Å²) in [6.07, 6.45) is 0.843. The van der Waals surface area contributed by atoms with Crippen LogP contribution in [0.4, 0.5) is 0 Å². The lowest BCUT2D eigenvalue weighted by Gasteiger charge is -2.10. The van der Waals surface area contributed by atoms with E-state index in [0.29, 0.717) is 11.3 Å². The predicted molar refractivity (Wildman–Crippen MR) is 77.6 cm³/mol. The monoisotopic (exact) mass is 274 g/mol. The molecule has 0 aromatic heterocycles. The molecular weight excluding hydrogens is 260 g/mol. The average Bonchev–Trinajstić information content (AvgIpc) is 2.36. The molecule has 3 heteroatoms. The molecule has 0 unspecified atom stereocenters. The van der Waals surface area contributed by atoms with Crippen molar-refractivity contribution in [1.82, 2.24) is 0 Å². The van der Waals surface area contributed by atoms with Gasteiger partial charge in [-0.25, -0.2) is 0 Å². The molecule has 0 heterocycles. The number of benzene rings is 2. The highest BCUT2D eigenvalue weighted by Crippen LogP contribution is 2.29. The van der Waals surface area contributed by atoms with Gasteiger partial charge < -0.3 is 4.74 Å². The van der Waals surface area contributed by atoms with Gasteiger partial charge in [0.15, 0.2) is 0 Å². The summed E-state index contributed by atoms with van der Waals surface area (Å²) in [6, 6.07) is 9.20. The van der Waals surface area contributed by atoms with E-state index in [9.17, 15) is 4.79 Å². The third-order valence-electron chi connectivity index (χ3n) is 3.01. The van der Waals surface area contributed by atoms with E-state index in [2.05, 4.69) is 0 Å².